The summed E-state index contributed by atoms with van der Waals surface area (Å²) in [5.74, 6) is 1.58. The van der Waals surface area contributed by atoms with Crippen LogP contribution in [0.1, 0.15) is 26.2 Å². The van der Waals surface area contributed by atoms with Crippen molar-refractivity contribution in [1.82, 2.24) is 20.6 Å². The van der Waals surface area contributed by atoms with Crippen LogP contribution in [0.4, 0.5) is 5.95 Å². The Kier molecular flexibility index (Phi) is 2.42. The summed E-state index contributed by atoms with van der Waals surface area (Å²) in [5.41, 5.74) is 0. The predicted octanol–water partition coefficient (Wildman–Crippen LogP) is 0.826. The van der Waals surface area contributed by atoms with Crippen LogP contribution in [0, 0.1) is 5.92 Å². The zero-order chi connectivity index (χ0) is 9.10. The van der Waals surface area contributed by atoms with E-state index in [1.54, 1.807) is 0 Å². The van der Waals surface area contributed by atoms with Crippen LogP contribution < -0.4 is 4.90 Å². The fraction of sp³-hybridized carbons (Fsp3) is 0.875. The van der Waals surface area contributed by atoms with Crippen LogP contribution in [0.2, 0.25) is 0 Å². The van der Waals surface area contributed by atoms with Crippen LogP contribution in [0.5, 0.6) is 0 Å². The van der Waals surface area contributed by atoms with Gasteiger partial charge < -0.3 is 4.90 Å². The van der Waals surface area contributed by atoms with Gasteiger partial charge in [0.25, 0.3) is 5.95 Å². The van der Waals surface area contributed by atoms with E-state index in [1.807, 2.05) is 0 Å². The number of aromatic nitrogens is 4. The Morgan fingerprint density at radius 3 is 3.08 bits per heavy atom. The van der Waals surface area contributed by atoms with Crippen LogP contribution in [0.3, 0.4) is 0 Å². The van der Waals surface area contributed by atoms with Gasteiger partial charge in [0.15, 0.2) is 0 Å². The molecule has 1 aliphatic heterocycles. The third kappa shape index (κ3) is 1.96. The Morgan fingerprint density at radius 1 is 1.38 bits per heavy atom. The van der Waals surface area contributed by atoms with E-state index >= 15 is 0 Å². The Hall–Kier alpha value is -1.13. The van der Waals surface area contributed by atoms with Crippen molar-refractivity contribution in [2.75, 3.05) is 18.0 Å². The Balaban J connectivity index is 2.00. The van der Waals surface area contributed by atoms with Crippen molar-refractivity contribution < 1.29 is 0 Å². The number of hydrogen-bond donors (Lipinski definition) is 1. The Morgan fingerprint density at radius 2 is 2.31 bits per heavy atom. The summed E-state index contributed by atoms with van der Waals surface area (Å²) in [6, 6.07) is 0. The number of H-pyrrole nitrogens is 1. The van der Waals surface area contributed by atoms with Gasteiger partial charge in [0, 0.05) is 13.1 Å². The summed E-state index contributed by atoms with van der Waals surface area (Å²) in [4.78, 5) is 2.20. The molecule has 1 aromatic rings. The van der Waals surface area contributed by atoms with E-state index in [2.05, 4.69) is 32.4 Å². The van der Waals surface area contributed by atoms with E-state index in [4.69, 9.17) is 0 Å². The molecule has 1 fully saturated rings. The van der Waals surface area contributed by atoms with E-state index in [9.17, 15) is 0 Å². The maximum atomic E-state index is 3.99. The smallest absolute Gasteiger partial charge is 0.265 e. The average Bonchev–Trinajstić information content (AvgIpc) is 2.56. The molecule has 2 heterocycles. The lowest BCUT2D eigenvalue weighted by molar-refractivity contribution is 0.521. The number of nitrogens with zero attached hydrogens (tertiary/aromatic N) is 4. The molecule has 1 unspecified atom stereocenters. The maximum Gasteiger partial charge on any atom is 0.265 e. The second kappa shape index (κ2) is 3.72. The minimum Gasteiger partial charge on any atom is -0.338 e. The summed E-state index contributed by atoms with van der Waals surface area (Å²) in [6.45, 7) is 4.42. The van der Waals surface area contributed by atoms with Crippen molar-refractivity contribution in [2.45, 2.75) is 26.2 Å². The molecule has 0 amide bonds. The Labute approximate surface area is 77.5 Å². The molecule has 0 bridgehead atoms. The van der Waals surface area contributed by atoms with Crippen LogP contribution in [-0.4, -0.2) is 33.7 Å². The molecule has 2 rings (SSSR count). The summed E-state index contributed by atoms with van der Waals surface area (Å²) in [5, 5.41) is 14.0. The van der Waals surface area contributed by atoms with E-state index < -0.39 is 0 Å². The van der Waals surface area contributed by atoms with Crippen molar-refractivity contribution in [3.8, 4) is 0 Å². The Bertz CT molecular complexity index is 245. The second-order valence-corrected chi connectivity index (χ2v) is 3.73. The minimum absolute atomic E-state index is 0.745. The van der Waals surface area contributed by atoms with Gasteiger partial charge in [-0.3, -0.25) is 0 Å². The van der Waals surface area contributed by atoms with E-state index in [0.29, 0.717) is 0 Å². The van der Waals surface area contributed by atoms with Gasteiger partial charge in [-0.05, 0) is 30.4 Å². The van der Waals surface area contributed by atoms with E-state index in [0.717, 1.165) is 25.0 Å². The van der Waals surface area contributed by atoms with Gasteiger partial charge >= 0.3 is 0 Å². The average molecular weight is 181 g/mol. The molecule has 0 radical (unpaired) electrons. The first-order valence-electron chi connectivity index (χ1n) is 4.84. The second-order valence-electron chi connectivity index (χ2n) is 3.73. The van der Waals surface area contributed by atoms with Crippen LogP contribution in [0.15, 0.2) is 0 Å². The molecule has 0 aromatic carbocycles. The van der Waals surface area contributed by atoms with Crippen molar-refractivity contribution in [2.24, 2.45) is 5.92 Å². The number of anilines is 1. The summed E-state index contributed by atoms with van der Waals surface area (Å²) >= 11 is 0. The fourth-order valence-corrected chi connectivity index (χ4v) is 1.75. The molecule has 0 saturated carbocycles. The highest BCUT2D eigenvalue weighted by Crippen LogP contribution is 2.18. The van der Waals surface area contributed by atoms with Crippen LogP contribution >= 0.6 is 0 Å². The molecule has 1 N–H and O–H groups in total. The molecular formula is C8H15N5. The van der Waals surface area contributed by atoms with Gasteiger partial charge in [0.05, 0.1) is 0 Å². The molecule has 13 heavy (non-hydrogen) atoms. The zero-order valence-corrected chi connectivity index (χ0v) is 7.90. The number of nitrogens with one attached hydrogen (secondary N) is 1. The molecule has 0 spiro atoms. The number of hydrogen-bond acceptors (Lipinski definition) is 4. The molecular weight excluding hydrogens is 166 g/mol. The maximum absolute atomic E-state index is 3.99. The van der Waals surface area contributed by atoms with Gasteiger partial charge in [-0.25, -0.2) is 0 Å². The zero-order valence-electron chi connectivity index (χ0n) is 7.90. The van der Waals surface area contributed by atoms with Gasteiger partial charge in [0.1, 0.15) is 0 Å². The minimum atomic E-state index is 0.745. The highest BCUT2D eigenvalue weighted by molar-refractivity contribution is 5.25. The standard InChI is InChI=1S/C8H15N5/c1-7-3-2-5-13(6-4-7)8-9-11-12-10-8/h7H,2-6H2,1H3,(H,9,10,11,12). The third-order valence-corrected chi connectivity index (χ3v) is 2.63. The molecule has 0 aliphatic carbocycles. The first-order chi connectivity index (χ1) is 6.36. The largest absolute Gasteiger partial charge is 0.338 e. The lowest BCUT2D eigenvalue weighted by atomic mass is 10.0. The van der Waals surface area contributed by atoms with Crippen LogP contribution in [0.25, 0.3) is 0 Å². The first-order valence-corrected chi connectivity index (χ1v) is 4.84. The van der Waals surface area contributed by atoms with Crippen molar-refractivity contribution >= 4 is 5.95 Å². The molecule has 1 aromatic heterocycles. The van der Waals surface area contributed by atoms with Crippen molar-refractivity contribution in [3.05, 3.63) is 0 Å². The number of aromatic amines is 1. The third-order valence-electron chi connectivity index (χ3n) is 2.63. The number of rotatable bonds is 1. The summed E-state index contributed by atoms with van der Waals surface area (Å²) in [6.07, 6.45) is 3.78. The summed E-state index contributed by atoms with van der Waals surface area (Å²) < 4.78 is 0. The molecule has 5 heteroatoms. The van der Waals surface area contributed by atoms with E-state index in [1.165, 1.54) is 19.3 Å². The molecule has 5 nitrogen and oxygen atoms in total. The topological polar surface area (TPSA) is 57.7 Å². The lowest BCUT2D eigenvalue weighted by Gasteiger charge is -2.16. The van der Waals surface area contributed by atoms with Gasteiger partial charge in [0.2, 0.25) is 0 Å². The van der Waals surface area contributed by atoms with Crippen molar-refractivity contribution in [1.29, 1.82) is 0 Å². The van der Waals surface area contributed by atoms with Gasteiger partial charge in [-0.1, -0.05) is 12.0 Å². The normalized spacial score (nSPS) is 24.4. The van der Waals surface area contributed by atoms with Gasteiger partial charge in [-0.2, -0.15) is 5.21 Å². The quantitative estimate of drug-likeness (QED) is 0.697. The first kappa shape index (κ1) is 8.47. The number of tetrazole rings is 1. The molecule has 1 atom stereocenters. The highest BCUT2D eigenvalue weighted by atomic mass is 15.5. The van der Waals surface area contributed by atoms with Crippen LogP contribution in [-0.2, 0) is 0 Å². The fourth-order valence-electron chi connectivity index (χ4n) is 1.75. The molecule has 1 saturated heterocycles. The molecule has 72 valence electrons. The van der Waals surface area contributed by atoms with E-state index in [-0.39, 0.29) is 0 Å². The summed E-state index contributed by atoms with van der Waals surface area (Å²) in [7, 11) is 0. The predicted molar refractivity (Wildman–Crippen MR) is 49.4 cm³/mol. The monoisotopic (exact) mass is 181 g/mol. The highest BCUT2D eigenvalue weighted by Gasteiger charge is 2.16. The van der Waals surface area contributed by atoms with Gasteiger partial charge in [-0.15, -0.1) is 5.10 Å². The lowest BCUT2D eigenvalue weighted by Crippen LogP contribution is -2.25. The van der Waals surface area contributed by atoms with Crippen molar-refractivity contribution in [3.63, 3.8) is 0 Å². The SMILES string of the molecule is CC1CCCN(c2nn[nH]n2)CC1. The molecule has 1 aliphatic rings.